The Morgan fingerprint density at radius 1 is 1.21 bits per heavy atom. The summed E-state index contributed by atoms with van der Waals surface area (Å²) in [5.74, 6) is -0.933. The summed E-state index contributed by atoms with van der Waals surface area (Å²) in [6.07, 6.45) is 3.59. The average Bonchev–Trinajstić information content (AvgIpc) is 3.15. The number of esters is 1. The van der Waals surface area contributed by atoms with E-state index in [9.17, 15) is 14.4 Å². The molecule has 0 atom stereocenters. The lowest BCUT2D eigenvalue weighted by molar-refractivity contribution is -0.152. The number of rotatable bonds is 8. The van der Waals surface area contributed by atoms with Gasteiger partial charge in [0.2, 0.25) is 5.91 Å². The van der Waals surface area contributed by atoms with Crippen LogP contribution < -0.4 is 0 Å². The number of fused-ring (bicyclic) bond motifs is 1. The lowest BCUT2D eigenvalue weighted by atomic mass is 10.1. The highest BCUT2D eigenvalue weighted by Gasteiger charge is 2.21. The number of hydrogen-bond donors (Lipinski definition) is 1. The molecule has 2 aromatic rings. The molecule has 1 aliphatic rings. The molecule has 1 fully saturated rings. The summed E-state index contributed by atoms with van der Waals surface area (Å²) in [5.41, 5.74) is 2.23. The van der Waals surface area contributed by atoms with Crippen molar-refractivity contribution in [2.75, 3.05) is 46.5 Å². The maximum atomic E-state index is 12.2. The second-order valence-corrected chi connectivity index (χ2v) is 7.12. The van der Waals surface area contributed by atoms with E-state index in [0.717, 1.165) is 22.9 Å². The van der Waals surface area contributed by atoms with Crippen LogP contribution in [0.3, 0.4) is 0 Å². The van der Waals surface area contributed by atoms with Crippen molar-refractivity contribution in [3.8, 4) is 0 Å². The number of aromatic amines is 1. The maximum Gasteiger partial charge on any atom is 0.306 e. The number of para-hydroxylation sites is 1. The monoisotopic (exact) mass is 401 g/mol. The van der Waals surface area contributed by atoms with Crippen molar-refractivity contribution < 1.29 is 23.9 Å². The summed E-state index contributed by atoms with van der Waals surface area (Å²) in [6, 6.07) is 8.02. The predicted octanol–water partition coefficient (Wildman–Crippen LogP) is 1.35. The molecule has 1 aliphatic heterocycles. The first-order valence-corrected chi connectivity index (χ1v) is 9.84. The molecule has 3 rings (SSSR count). The number of nitrogens with one attached hydrogen (secondary N) is 1. The lowest BCUT2D eigenvalue weighted by Crippen LogP contribution is -2.46. The molecular weight excluding hydrogens is 374 g/mol. The molecular formula is C21H27N3O5. The quantitative estimate of drug-likeness (QED) is 0.674. The zero-order valence-corrected chi connectivity index (χ0v) is 16.7. The zero-order valence-electron chi connectivity index (χ0n) is 16.7. The molecule has 2 heterocycles. The van der Waals surface area contributed by atoms with Crippen molar-refractivity contribution in [3.05, 3.63) is 36.0 Å². The maximum absolute atomic E-state index is 12.2. The standard InChI is InChI=1S/C21H27N3O5/c1-23(14-19(25)24-9-11-28-12-10-24)20(26)15-29-21(27)8-4-5-16-13-22-18-7-3-2-6-17(16)18/h2-3,6-7,13,22H,4-5,8-12,14-15H2,1H3. The Bertz CT molecular complexity index is 857. The highest BCUT2D eigenvalue weighted by molar-refractivity contribution is 5.86. The molecule has 1 aromatic carbocycles. The highest BCUT2D eigenvalue weighted by atomic mass is 16.5. The molecule has 0 saturated carbocycles. The summed E-state index contributed by atoms with van der Waals surface area (Å²) in [7, 11) is 1.53. The fourth-order valence-corrected chi connectivity index (χ4v) is 3.29. The molecule has 1 saturated heterocycles. The van der Waals surface area contributed by atoms with Crippen molar-refractivity contribution in [1.82, 2.24) is 14.8 Å². The van der Waals surface area contributed by atoms with Crippen LogP contribution in [0.5, 0.6) is 0 Å². The number of morpholine rings is 1. The first kappa shape index (κ1) is 20.9. The van der Waals surface area contributed by atoms with Crippen LogP contribution in [-0.2, 0) is 30.3 Å². The molecule has 8 heteroatoms. The van der Waals surface area contributed by atoms with Gasteiger partial charge in [0.15, 0.2) is 6.61 Å². The van der Waals surface area contributed by atoms with Crippen molar-refractivity contribution in [2.45, 2.75) is 19.3 Å². The van der Waals surface area contributed by atoms with E-state index in [4.69, 9.17) is 9.47 Å². The second-order valence-electron chi connectivity index (χ2n) is 7.12. The van der Waals surface area contributed by atoms with Gasteiger partial charge in [-0.1, -0.05) is 18.2 Å². The number of amides is 2. The van der Waals surface area contributed by atoms with E-state index in [1.54, 1.807) is 4.90 Å². The van der Waals surface area contributed by atoms with Crippen molar-refractivity contribution in [2.24, 2.45) is 0 Å². The number of benzene rings is 1. The zero-order chi connectivity index (χ0) is 20.6. The first-order valence-electron chi connectivity index (χ1n) is 9.84. The third kappa shape index (κ3) is 5.80. The Balaban J connectivity index is 1.35. The normalized spacial score (nSPS) is 14.0. The van der Waals surface area contributed by atoms with Gasteiger partial charge in [-0.15, -0.1) is 0 Å². The minimum atomic E-state index is -0.411. The molecule has 0 radical (unpaired) electrons. The summed E-state index contributed by atoms with van der Waals surface area (Å²) in [5, 5.41) is 1.16. The number of carbonyl (C=O) groups is 3. The van der Waals surface area contributed by atoms with Crippen LogP contribution in [0.1, 0.15) is 18.4 Å². The molecule has 1 N–H and O–H groups in total. The van der Waals surface area contributed by atoms with Gasteiger partial charge in [0.25, 0.3) is 5.91 Å². The van der Waals surface area contributed by atoms with Gasteiger partial charge in [0.05, 0.1) is 19.8 Å². The van der Waals surface area contributed by atoms with E-state index >= 15 is 0 Å². The van der Waals surface area contributed by atoms with E-state index in [0.29, 0.717) is 32.7 Å². The van der Waals surface area contributed by atoms with Gasteiger partial charge in [0, 0.05) is 43.7 Å². The minimum Gasteiger partial charge on any atom is -0.456 e. The van der Waals surface area contributed by atoms with E-state index in [1.807, 2.05) is 30.5 Å². The van der Waals surface area contributed by atoms with Gasteiger partial charge in [-0.3, -0.25) is 14.4 Å². The number of aromatic nitrogens is 1. The van der Waals surface area contributed by atoms with Gasteiger partial charge in [-0.25, -0.2) is 0 Å². The SMILES string of the molecule is CN(CC(=O)N1CCOCC1)C(=O)COC(=O)CCCc1c[nH]c2ccccc12. The summed E-state index contributed by atoms with van der Waals surface area (Å²) < 4.78 is 10.3. The number of nitrogens with zero attached hydrogens (tertiary/aromatic N) is 2. The molecule has 8 nitrogen and oxygen atoms in total. The molecule has 0 unspecified atom stereocenters. The van der Waals surface area contributed by atoms with Crippen LogP contribution in [0.25, 0.3) is 10.9 Å². The van der Waals surface area contributed by atoms with Crippen molar-refractivity contribution >= 4 is 28.7 Å². The predicted molar refractivity (Wildman–Crippen MR) is 107 cm³/mol. The number of carbonyl (C=O) groups excluding carboxylic acids is 3. The fourth-order valence-electron chi connectivity index (χ4n) is 3.29. The number of likely N-dealkylation sites (N-methyl/N-ethyl adjacent to an activating group) is 1. The number of aryl methyl sites for hydroxylation is 1. The van der Waals surface area contributed by atoms with E-state index in [1.165, 1.54) is 11.9 Å². The van der Waals surface area contributed by atoms with Crippen LogP contribution >= 0.6 is 0 Å². The van der Waals surface area contributed by atoms with Gasteiger partial charge in [0.1, 0.15) is 0 Å². The van der Waals surface area contributed by atoms with Gasteiger partial charge in [-0.05, 0) is 24.5 Å². The second kappa shape index (κ2) is 10.1. The van der Waals surface area contributed by atoms with Gasteiger partial charge < -0.3 is 24.3 Å². The first-order chi connectivity index (χ1) is 14.0. The highest BCUT2D eigenvalue weighted by Crippen LogP contribution is 2.19. The number of hydrogen-bond acceptors (Lipinski definition) is 5. The van der Waals surface area contributed by atoms with Gasteiger partial charge in [-0.2, -0.15) is 0 Å². The van der Waals surface area contributed by atoms with Crippen molar-refractivity contribution in [3.63, 3.8) is 0 Å². The van der Waals surface area contributed by atoms with Gasteiger partial charge >= 0.3 is 5.97 Å². The third-order valence-electron chi connectivity index (χ3n) is 5.02. The molecule has 156 valence electrons. The Morgan fingerprint density at radius 2 is 1.97 bits per heavy atom. The van der Waals surface area contributed by atoms with E-state index < -0.39 is 11.9 Å². The van der Waals surface area contributed by atoms with E-state index in [2.05, 4.69) is 4.98 Å². The van der Waals surface area contributed by atoms with Crippen LogP contribution in [-0.4, -0.2) is 79.1 Å². The third-order valence-corrected chi connectivity index (χ3v) is 5.02. The largest absolute Gasteiger partial charge is 0.456 e. The van der Waals surface area contributed by atoms with Crippen LogP contribution in [0.15, 0.2) is 30.5 Å². The van der Waals surface area contributed by atoms with Crippen LogP contribution in [0, 0.1) is 0 Å². The molecule has 2 amide bonds. The van der Waals surface area contributed by atoms with Crippen LogP contribution in [0.4, 0.5) is 0 Å². The molecule has 0 bridgehead atoms. The molecule has 29 heavy (non-hydrogen) atoms. The molecule has 1 aromatic heterocycles. The van der Waals surface area contributed by atoms with Crippen LogP contribution in [0.2, 0.25) is 0 Å². The number of H-pyrrole nitrogens is 1. The molecule has 0 spiro atoms. The Hall–Kier alpha value is -2.87. The number of ether oxygens (including phenoxy) is 2. The minimum absolute atomic E-state index is 0.0308. The summed E-state index contributed by atoms with van der Waals surface area (Å²) in [4.78, 5) is 42.4. The average molecular weight is 401 g/mol. The van der Waals surface area contributed by atoms with E-state index in [-0.39, 0.29) is 25.5 Å². The lowest BCUT2D eigenvalue weighted by Gasteiger charge is -2.28. The summed E-state index contributed by atoms with van der Waals surface area (Å²) >= 11 is 0. The fraction of sp³-hybridized carbons (Fsp3) is 0.476. The Labute approximate surface area is 169 Å². The summed E-state index contributed by atoms with van der Waals surface area (Å²) in [6.45, 7) is 1.72. The Morgan fingerprint density at radius 3 is 2.76 bits per heavy atom. The molecule has 0 aliphatic carbocycles. The smallest absolute Gasteiger partial charge is 0.306 e. The Kier molecular flexibility index (Phi) is 7.24. The topological polar surface area (TPSA) is 91.9 Å². The van der Waals surface area contributed by atoms with Crippen molar-refractivity contribution in [1.29, 1.82) is 0 Å².